The molecule has 0 radical (unpaired) electrons. The van der Waals surface area contributed by atoms with Gasteiger partial charge >= 0.3 is 11.9 Å². The van der Waals surface area contributed by atoms with Gasteiger partial charge in [-0.3, -0.25) is 9.59 Å². The predicted molar refractivity (Wildman–Crippen MR) is 187 cm³/mol. The van der Waals surface area contributed by atoms with Crippen molar-refractivity contribution >= 4 is 33.7 Å². The minimum atomic E-state index is -1.16. The molecule has 10 nitrogen and oxygen atoms in total. The number of fused-ring (bicyclic) bond motifs is 2. The molecule has 3 N–H and O–H groups in total. The number of aromatic nitrogens is 2. The summed E-state index contributed by atoms with van der Waals surface area (Å²) in [6.07, 6.45) is 8.47. The van der Waals surface area contributed by atoms with E-state index in [4.69, 9.17) is 14.6 Å². The Morgan fingerprint density at radius 1 is 0.646 bits per heavy atom. The summed E-state index contributed by atoms with van der Waals surface area (Å²) in [6.45, 7) is 2.19. The van der Waals surface area contributed by atoms with E-state index in [1.807, 2.05) is 42.5 Å². The zero-order valence-corrected chi connectivity index (χ0v) is 27.8. The van der Waals surface area contributed by atoms with Gasteiger partial charge in [0.25, 0.3) is 0 Å². The first-order valence-electron chi connectivity index (χ1n) is 16.0. The van der Waals surface area contributed by atoms with Gasteiger partial charge in [0, 0.05) is 22.9 Å². The van der Waals surface area contributed by atoms with Crippen LogP contribution >= 0.6 is 0 Å². The number of carbonyl (C=O) groups is 2. The van der Waals surface area contributed by atoms with E-state index in [9.17, 15) is 19.2 Å². The van der Waals surface area contributed by atoms with Crippen LogP contribution in [0.4, 0.5) is 0 Å². The number of benzene rings is 3. The molecule has 0 saturated carbocycles. The molecule has 0 atom stereocenters. The molecular formula is C38H42N2O8. The fourth-order valence-corrected chi connectivity index (χ4v) is 5.56. The number of aromatic carboxylic acids is 1. The highest BCUT2D eigenvalue weighted by Gasteiger charge is 2.15. The fraction of sp³-hybridized carbons (Fsp3) is 0.316. The van der Waals surface area contributed by atoms with Crippen molar-refractivity contribution in [3.63, 3.8) is 0 Å². The fourth-order valence-electron chi connectivity index (χ4n) is 5.56. The lowest BCUT2D eigenvalue weighted by Gasteiger charge is -2.10. The molecule has 3 aromatic carbocycles. The van der Waals surface area contributed by atoms with Gasteiger partial charge < -0.3 is 29.3 Å². The van der Waals surface area contributed by atoms with E-state index < -0.39 is 11.9 Å². The number of carbonyl (C=O) groups excluding carboxylic acids is 1. The van der Waals surface area contributed by atoms with Gasteiger partial charge in [-0.25, -0.2) is 9.59 Å². The lowest BCUT2D eigenvalue weighted by atomic mass is 10.0. The number of aryl methyl sites for hydroxylation is 3. The number of hydrogen-bond donors (Lipinski definition) is 3. The summed E-state index contributed by atoms with van der Waals surface area (Å²) >= 11 is 0. The first kappa shape index (κ1) is 35.5. The molecule has 0 aliphatic heterocycles. The summed E-state index contributed by atoms with van der Waals surface area (Å²) in [7, 11) is 4.33. The molecule has 0 spiro atoms. The number of pyridine rings is 2. The summed E-state index contributed by atoms with van der Waals surface area (Å²) in [5.74, 6) is -0.713. The van der Waals surface area contributed by atoms with Crippen LogP contribution in [0.5, 0.6) is 11.5 Å². The highest BCUT2D eigenvalue weighted by Crippen LogP contribution is 2.27. The van der Waals surface area contributed by atoms with Crippen LogP contribution in [0.2, 0.25) is 0 Å². The molecule has 0 bridgehead atoms. The molecule has 10 heteroatoms. The Bertz CT molecular complexity index is 2000. The third-order valence-electron chi connectivity index (χ3n) is 8.11. The minimum Gasteiger partial charge on any atom is -0.495 e. The standard InChI is InChI=1S/C20H19NO4.C18H23NO4/c1-24-18-11-14(9-8-13-6-4-3-5-7-13)10-15-17(22)12-16(20(23)25-2)21-19(15)18;1-3-4-5-6-7-8-12-9-13-15(20)11-14(18(21)22)19-17(13)16(10-12)23-2/h3-7,10-12H,8-9H2,1-2H3,(H,21,22);9-11H,3-8H2,1-2H3,(H,19,20)(H,21,22). The van der Waals surface area contributed by atoms with Crippen LogP contribution in [0.25, 0.3) is 21.8 Å². The van der Waals surface area contributed by atoms with Gasteiger partial charge in [-0.2, -0.15) is 0 Å². The molecule has 2 heterocycles. The number of methoxy groups -OCH3 is 3. The molecule has 0 unspecified atom stereocenters. The highest BCUT2D eigenvalue weighted by atomic mass is 16.5. The summed E-state index contributed by atoms with van der Waals surface area (Å²) in [4.78, 5) is 53.1. The number of ether oxygens (including phenoxy) is 3. The van der Waals surface area contributed by atoms with E-state index >= 15 is 0 Å². The van der Waals surface area contributed by atoms with Gasteiger partial charge in [0.15, 0.2) is 10.9 Å². The predicted octanol–water partition coefficient (Wildman–Crippen LogP) is 6.86. The maximum absolute atomic E-state index is 12.4. The van der Waals surface area contributed by atoms with E-state index in [2.05, 4.69) is 33.8 Å². The summed E-state index contributed by atoms with van der Waals surface area (Å²) in [6, 6.07) is 20.0. The van der Waals surface area contributed by atoms with Crippen LogP contribution in [0.3, 0.4) is 0 Å². The second-order valence-corrected chi connectivity index (χ2v) is 11.5. The smallest absolute Gasteiger partial charge is 0.354 e. The van der Waals surface area contributed by atoms with Gasteiger partial charge in [0.1, 0.15) is 22.9 Å². The Kier molecular flexibility index (Phi) is 12.5. The molecule has 5 rings (SSSR count). The normalized spacial score (nSPS) is 10.8. The summed E-state index contributed by atoms with van der Waals surface area (Å²) in [5.41, 5.74) is 3.64. The third kappa shape index (κ3) is 8.90. The average molecular weight is 655 g/mol. The Balaban J connectivity index is 0.000000218. The molecule has 252 valence electrons. The molecule has 0 aliphatic rings. The van der Waals surface area contributed by atoms with Gasteiger partial charge in [-0.1, -0.05) is 62.9 Å². The van der Waals surface area contributed by atoms with E-state index in [0.717, 1.165) is 42.9 Å². The zero-order valence-electron chi connectivity index (χ0n) is 27.8. The van der Waals surface area contributed by atoms with Crippen molar-refractivity contribution in [1.29, 1.82) is 0 Å². The van der Waals surface area contributed by atoms with Crippen molar-refractivity contribution in [2.75, 3.05) is 21.3 Å². The third-order valence-corrected chi connectivity index (χ3v) is 8.11. The molecular weight excluding hydrogens is 612 g/mol. The molecule has 0 amide bonds. The number of H-pyrrole nitrogens is 2. The Hall–Kier alpha value is -5.38. The average Bonchev–Trinajstić information content (AvgIpc) is 3.10. The lowest BCUT2D eigenvalue weighted by molar-refractivity contribution is 0.0593. The number of unbranched alkanes of at least 4 members (excludes halogenated alkanes) is 4. The number of rotatable bonds is 13. The van der Waals surface area contributed by atoms with Gasteiger partial charge in [-0.15, -0.1) is 0 Å². The molecule has 48 heavy (non-hydrogen) atoms. The summed E-state index contributed by atoms with van der Waals surface area (Å²) in [5, 5.41) is 10.0. The topological polar surface area (TPSA) is 148 Å². The summed E-state index contributed by atoms with van der Waals surface area (Å²) < 4.78 is 15.4. The van der Waals surface area contributed by atoms with Crippen molar-refractivity contribution in [3.8, 4) is 11.5 Å². The van der Waals surface area contributed by atoms with E-state index in [1.165, 1.54) is 51.5 Å². The Morgan fingerprint density at radius 2 is 1.17 bits per heavy atom. The van der Waals surface area contributed by atoms with Crippen molar-refractivity contribution in [3.05, 3.63) is 115 Å². The molecule has 0 saturated heterocycles. The first-order valence-corrected chi connectivity index (χ1v) is 16.0. The zero-order chi connectivity index (χ0) is 34.6. The second-order valence-electron chi connectivity index (χ2n) is 11.5. The molecule has 0 aliphatic carbocycles. The van der Waals surface area contributed by atoms with Crippen LogP contribution in [-0.2, 0) is 24.0 Å². The minimum absolute atomic E-state index is 0.107. The first-order chi connectivity index (χ1) is 23.2. The maximum Gasteiger partial charge on any atom is 0.354 e. The van der Waals surface area contributed by atoms with Crippen LogP contribution in [0, 0.1) is 0 Å². The van der Waals surface area contributed by atoms with E-state index in [-0.39, 0.29) is 22.2 Å². The lowest BCUT2D eigenvalue weighted by Crippen LogP contribution is -2.12. The van der Waals surface area contributed by atoms with Crippen LogP contribution < -0.4 is 20.3 Å². The molecule has 2 aromatic heterocycles. The Morgan fingerprint density at radius 3 is 1.71 bits per heavy atom. The number of hydrogen-bond acceptors (Lipinski definition) is 7. The second kappa shape index (κ2) is 17.0. The van der Waals surface area contributed by atoms with Crippen molar-refractivity contribution < 1.29 is 28.9 Å². The van der Waals surface area contributed by atoms with Gasteiger partial charge in [0.05, 0.1) is 32.4 Å². The van der Waals surface area contributed by atoms with Crippen molar-refractivity contribution in [2.24, 2.45) is 0 Å². The van der Waals surface area contributed by atoms with Crippen LogP contribution in [0.1, 0.15) is 76.7 Å². The molecule has 0 fully saturated rings. The number of carboxylic acid groups (broad SMARTS) is 1. The number of esters is 1. The maximum atomic E-state index is 12.4. The van der Waals surface area contributed by atoms with Gasteiger partial charge in [0.2, 0.25) is 0 Å². The molecule has 5 aromatic rings. The SMILES string of the molecule is CCCCCCCc1cc(OC)c2[nH]c(C(=O)O)cc(=O)c2c1.COC(=O)c1cc(=O)c2cc(CCc3ccccc3)cc(OC)c2[nH]1. The van der Waals surface area contributed by atoms with Crippen LogP contribution in [-0.4, -0.2) is 48.3 Å². The number of carboxylic acids is 1. The number of aromatic amines is 2. The number of nitrogens with one attached hydrogen (secondary N) is 2. The quantitative estimate of drug-likeness (QED) is 0.0922. The van der Waals surface area contributed by atoms with Crippen molar-refractivity contribution in [2.45, 2.75) is 58.3 Å². The monoisotopic (exact) mass is 654 g/mol. The Labute approximate surface area is 278 Å². The van der Waals surface area contributed by atoms with Crippen LogP contribution in [0.15, 0.2) is 76.3 Å². The van der Waals surface area contributed by atoms with E-state index in [1.54, 1.807) is 7.11 Å². The van der Waals surface area contributed by atoms with Crippen molar-refractivity contribution in [1.82, 2.24) is 9.97 Å². The van der Waals surface area contributed by atoms with E-state index in [0.29, 0.717) is 33.3 Å². The largest absolute Gasteiger partial charge is 0.495 e. The van der Waals surface area contributed by atoms with Gasteiger partial charge in [-0.05, 0) is 66.6 Å². The highest BCUT2D eigenvalue weighted by molar-refractivity contribution is 5.93.